The molecule has 2 amide bonds. The first kappa shape index (κ1) is 22.7. The lowest BCUT2D eigenvalue weighted by molar-refractivity contribution is -0.142. The number of hydrogen-bond acceptors (Lipinski definition) is 3. The van der Waals surface area contributed by atoms with Gasteiger partial charge in [0.1, 0.15) is 12.1 Å². The number of rotatable bonds is 9. The zero-order valence-corrected chi connectivity index (χ0v) is 17.8. The van der Waals surface area contributed by atoms with Crippen LogP contribution in [0.4, 0.5) is 0 Å². The average Bonchev–Trinajstić information content (AvgIpc) is 2.80. The molecule has 6 heteroatoms. The third-order valence-corrected chi connectivity index (χ3v) is 5.19. The Morgan fingerprint density at radius 3 is 1.66 bits per heavy atom. The minimum atomic E-state index is -1.22. The summed E-state index contributed by atoms with van der Waals surface area (Å²) in [6, 6.07) is 25.6. The third kappa shape index (κ3) is 6.04. The maximum Gasteiger partial charge on any atom is 0.327 e. The Kier molecular flexibility index (Phi) is 7.75. The van der Waals surface area contributed by atoms with E-state index in [-0.39, 0.29) is 12.3 Å². The van der Waals surface area contributed by atoms with Gasteiger partial charge in [-0.05, 0) is 16.7 Å². The van der Waals surface area contributed by atoms with Gasteiger partial charge in [0, 0.05) is 19.3 Å². The molecule has 0 saturated heterocycles. The van der Waals surface area contributed by atoms with Crippen molar-refractivity contribution in [3.8, 4) is 0 Å². The highest BCUT2D eigenvalue weighted by Crippen LogP contribution is 2.28. The normalized spacial score (nSPS) is 12.6. The van der Waals surface area contributed by atoms with Crippen molar-refractivity contribution in [3.63, 3.8) is 0 Å². The first-order valence-electron chi connectivity index (χ1n) is 10.4. The van der Waals surface area contributed by atoms with Gasteiger partial charge in [-0.1, -0.05) is 91.0 Å². The summed E-state index contributed by atoms with van der Waals surface area (Å²) in [5.74, 6) is -2.67. The zero-order chi connectivity index (χ0) is 22.9. The minimum absolute atomic E-state index is 0.250. The predicted octanol–water partition coefficient (Wildman–Crippen LogP) is 3.14. The summed E-state index contributed by atoms with van der Waals surface area (Å²) < 4.78 is 0. The lowest BCUT2D eigenvalue weighted by atomic mass is 9.84. The van der Waals surface area contributed by atoms with Crippen molar-refractivity contribution in [2.45, 2.75) is 31.3 Å². The molecule has 0 heterocycles. The fourth-order valence-corrected chi connectivity index (χ4v) is 3.74. The van der Waals surface area contributed by atoms with E-state index in [9.17, 15) is 19.5 Å². The van der Waals surface area contributed by atoms with Crippen LogP contribution in [0.2, 0.25) is 0 Å². The van der Waals surface area contributed by atoms with E-state index >= 15 is 0 Å². The summed E-state index contributed by atoms with van der Waals surface area (Å²) in [6.07, 6.45) is 0.250. The van der Waals surface area contributed by atoms with Crippen LogP contribution in [-0.2, 0) is 20.8 Å². The van der Waals surface area contributed by atoms with E-state index < -0.39 is 29.9 Å². The summed E-state index contributed by atoms with van der Waals surface area (Å²) in [4.78, 5) is 37.2. The van der Waals surface area contributed by atoms with Crippen LogP contribution < -0.4 is 10.6 Å². The number of hydrogen-bond donors (Lipinski definition) is 3. The number of carboxylic acid groups (broad SMARTS) is 1. The van der Waals surface area contributed by atoms with Crippen LogP contribution in [-0.4, -0.2) is 35.0 Å². The molecule has 0 aliphatic rings. The van der Waals surface area contributed by atoms with Crippen LogP contribution in [0, 0.1) is 0 Å². The first-order valence-corrected chi connectivity index (χ1v) is 10.4. The minimum Gasteiger partial charge on any atom is -0.480 e. The monoisotopic (exact) mass is 430 g/mol. The Labute approximate surface area is 187 Å². The summed E-state index contributed by atoms with van der Waals surface area (Å²) in [7, 11) is 0. The third-order valence-electron chi connectivity index (χ3n) is 5.19. The molecule has 0 saturated carbocycles. The lowest BCUT2D eigenvalue weighted by Gasteiger charge is -2.28. The number of carbonyl (C=O) groups excluding carboxylic acids is 2. The SMILES string of the molecule is CC(=O)N[C@@H](Cc1ccccc1)C(=O)N[C@H](C(=O)O)C(c1ccccc1)c1ccccc1. The molecule has 0 aliphatic carbocycles. The first-order chi connectivity index (χ1) is 15.5. The van der Waals surface area contributed by atoms with Crippen molar-refractivity contribution in [1.82, 2.24) is 10.6 Å². The number of aliphatic carboxylic acids is 1. The molecule has 0 spiro atoms. The molecule has 3 aromatic rings. The van der Waals surface area contributed by atoms with Crippen LogP contribution in [0.25, 0.3) is 0 Å². The van der Waals surface area contributed by atoms with Crippen molar-refractivity contribution in [2.75, 3.05) is 0 Å². The van der Waals surface area contributed by atoms with Crippen molar-refractivity contribution in [2.24, 2.45) is 0 Å². The Morgan fingerprint density at radius 2 is 1.22 bits per heavy atom. The molecule has 0 fully saturated rings. The van der Waals surface area contributed by atoms with Crippen LogP contribution in [0.15, 0.2) is 91.0 Å². The van der Waals surface area contributed by atoms with Gasteiger partial charge in [0.15, 0.2) is 0 Å². The molecular weight excluding hydrogens is 404 g/mol. The van der Waals surface area contributed by atoms with Gasteiger partial charge < -0.3 is 15.7 Å². The van der Waals surface area contributed by atoms with E-state index in [2.05, 4.69) is 10.6 Å². The van der Waals surface area contributed by atoms with E-state index in [0.29, 0.717) is 0 Å². The molecule has 3 rings (SSSR count). The molecule has 0 unspecified atom stereocenters. The summed E-state index contributed by atoms with van der Waals surface area (Å²) in [5.41, 5.74) is 2.40. The highest BCUT2D eigenvalue weighted by atomic mass is 16.4. The topological polar surface area (TPSA) is 95.5 Å². The average molecular weight is 431 g/mol. The lowest BCUT2D eigenvalue weighted by Crippen LogP contribution is -2.53. The van der Waals surface area contributed by atoms with Crippen molar-refractivity contribution < 1.29 is 19.5 Å². The van der Waals surface area contributed by atoms with Gasteiger partial charge in [0.2, 0.25) is 11.8 Å². The molecule has 164 valence electrons. The van der Waals surface area contributed by atoms with E-state index in [4.69, 9.17) is 0 Å². The molecule has 6 nitrogen and oxygen atoms in total. The number of carboxylic acids is 1. The molecule has 0 radical (unpaired) electrons. The van der Waals surface area contributed by atoms with Crippen LogP contribution in [0.5, 0.6) is 0 Å². The van der Waals surface area contributed by atoms with E-state index in [1.165, 1.54) is 6.92 Å². The second kappa shape index (κ2) is 10.9. The Balaban J connectivity index is 1.92. The molecule has 0 bridgehead atoms. The summed E-state index contributed by atoms with van der Waals surface area (Å²) in [6.45, 7) is 1.33. The van der Waals surface area contributed by atoms with E-state index in [0.717, 1.165) is 16.7 Å². The van der Waals surface area contributed by atoms with Crippen LogP contribution in [0.1, 0.15) is 29.5 Å². The number of nitrogens with one attached hydrogen (secondary N) is 2. The fraction of sp³-hybridized carbons (Fsp3) is 0.192. The smallest absolute Gasteiger partial charge is 0.327 e. The molecular formula is C26H26N2O4. The zero-order valence-electron chi connectivity index (χ0n) is 17.8. The van der Waals surface area contributed by atoms with Crippen molar-refractivity contribution in [1.29, 1.82) is 0 Å². The molecule has 0 aromatic heterocycles. The Bertz CT molecular complexity index is 1000. The maximum absolute atomic E-state index is 13.2. The van der Waals surface area contributed by atoms with E-state index in [1.807, 2.05) is 91.0 Å². The fourth-order valence-electron chi connectivity index (χ4n) is 3.74. The number of benzene rings is 3. The largest absolute Gasteiger partial charge is 0.480 e. The summed E-state index contributed by atoms with van der Waals surface area (Å²) in [5, 5.41) is 15.4. The number of carbonyl (C=O) groups is 3. The molecule has 2 atom stereocenters. The molecule has 0 aliphatic heterocycles. The van der Waals surface area contributed by atoms with Crippen molar-refractivity contribution in [3.05, 3.63) is 108 Å². The highest BCUT2D eigenvalue weighted by Gasteiger charge is 2.34. The molecule has 3 N–H and O–H groups in total. The second-order valence-corrected chi connectivity index (χ2v) is 7.57. The van der Waals surface area contributed by atoms with E-state index in [1.54, 1.807) is 0 Å². The Morgan fingerprint density at radius 1 is 0.750 bits per heavy atom. The van der Waals surface area contributed by atoms with Gasteiger partial charge in [-0.3, -0.25) is 9.59 Å². The number of amides is 2. The quantitative estimate of drug-likeness (QED) is 0.486. The second-order valence-electron chi connectivity index (χ2n) is 7.57. The van der Waals surface area contributed by atoms with Gasteiger partial charge in [0.25, 0.3) is 0 Å². The van der Waals surface area contributed by atoms with Crippen LogP contribution >= 0.6 is 0 Å². The van der Waals surface area contributed by atoms with Crippen molar-refractivity contribution >= 4 is 17.8 Å². The highest BCUT2D eigenvalue weighted by molar-refractivity contribution is 5.90. The molecule has 32 heavy (non-hydrogen) atoms. The van der Waals surface area contributed by atoms with Gasteiger partial charge in [-0.15, -0.1) is 0 Å². The van der Waals surface area contributed by atoms with Gasteiger partial charge in [-0.25, -0.2) is 4.79 Å². The summed E-state index contributed by atoms with van der Waals surface area (Å²) >= 11 is 0. The maximum atomic E-state index is 13.2. The predicted molar refractivity (Wildman–Crippen MR) is 122 cm³/mol. The van der Waals surface area contributed by atoms with Gasteiger partial charge in [-0.2, -0.15) is 0 Å². The van der Waals surface area contributed by atoms with Gasteiger partial charge in [0.05, 0.1) is 0 Å². The Hall–Kier alpha value is -3.93. The standard InChI is InChI=1S/C26H26N2O4/c1-18(29)27-22(17-19-11-5-2-6-12-19)25(30)28-24(26(31)32)23(20-13-7-3-8-14-20)21-15-9-4-10-16-21/h2-16,22-24H,17H2,1H3,(H,27,29)(H,28,30)(H,31,32)/t22-,24-/m0/s1. The van der Waals surface area contributed by atoms with Gasteiger partial charge >= 0.3 is 5.97 Å². The van der Waals surface area contributed by atoms with Crippen LogP contribution in [0.3, 0.4) is 0 Å². The molecule has 3 aromatic carbocycles.